The molecule has 1 N–H and O–H groups in total. The fourth-order valence-corrected chi connectivity index (χ4v) is 4.34. The highest BCUT2D eigenvalue weighted by Crippen LogP contribution is 2.31. The lowest BCUT2D eigenvalue weighted by atomic mass is 10.1. The Balaban J connectivity index is 2.28. The summed E-state index contributed by atoms with van der Waals surface area (Å²) in [6, 6.07) is 10.7. The van der Waals surface area contributed by atoms with Crippen molar-refractivity contribution in [1.29, 1.82) is 0 Å². The van der Waals surface area contributed by atoms with Crippen LogP contribution in [0.4, 0.5) is 5.69 Å². The number of anilines is 1. The maximum atomic E-state index is 12.8. The number of hydrogen-bond donors (Lipinski definition) is 1. The minimum absolute atomic E-state index is 0.255. The van der Waals surface area contributed by atoms with Crippen LogP contribution in [0.15, 0.2) is 42.5 Å². The van der Waals surface area contributed by atoms with Gasteiger partial charge in [-0.05, 0) is 42.3 Å². The Morgan fingerprint density at radius 3 is 2.32 bits per heavy atom. The largest absolute Gasteiger partial charge is 0.495 e. The summed E-state index contributed by atoms with van der Waals surface area (Å²) in [5.74, 6) is 0.00826. The maximum Gasteiger partial charge on any atom is 0.244 e. The van der Waals surface area contributed by atoms with Crippen molar-refractivity contribution >= 4 is 44.8 Å². The van der Waals surface area contributed by atoms with Gasteiger partial charge in [-0.2, -0.15) is 0 Å². The first kappa shape index (κ1) is 22.3. The summed E-state index contributed by atoms with van der Waals surface area (Å²) in [6.07, 6.45) is 1.34. The molecule has 1 amide bonds. The number of methoxy groups -OCH3 is 1. The Kier molecular flexibility index (Phi) is 7.57. The average molecular weight is 445 g/mol. The average Bonchev–Trinajstić information content (AvgIpc) is 2.64. The third kappa shape index (κ3) is 5.53. The quantitative estimate of drug-likeness (QED) is 0.670. The van der Waals surface area contributed by atoms with Crippen molar-refractivity contribution in [3.63, 3.8) is 0 Å². The third-order valence-corrected chi connectivity index (χ3v) is 5.83. The molecule has 28 heavy (non-hydrogen) atoms. The lowest BCUT2D eigenvalue weighted by Gasteiger charge is -2.30. The van der Waals surface area contributed by atoms with E-state index in [1.54, 1.807) is 43.3 Å². The van der Waals surface area contributed by atoms with E-state index in [4.69, 9.17) is 27.9 Å². The van der Waals surface area contributed by atoms with E-state index in [1.165, 1.54) is 13.2 Å². The monoisotopic (exact) mass is 444 g/mol. The van der Waals surface area contributed by atoms with Gasteiger partial charge >= 0.3 is 0 Å². The number of rotatable bonds is 8. The summed E-state index contributed by atoms with van der Waals surface area (Å²) in [4.78, 5) is 12.8. The summed E-state index contributed by atoms with van der Waals surface area (Å²) in [6.45, 7) is 2.00. The molecule has 9 heteroatoms. The van der Waals surface area contributed by atoms with Crippen LogP contribution in [0, 0.1) is 0 Å². The van der Waals surface area contributed by atoms with Crippen molar-refractivity contribution in [1.82, 2.24) is 5.32 Å². The van der Waals surface area contributed by atoms with Gasteiger partial charge < -0.3 is 10.1 Å². The molecular weight excluding hydrogens is 423 g/mol. The molecule has 0 aromatic heterocycles. The summed E-state index contributed by atoms with van der Waals surface area (Å²) < 4.78 is 31.1. The fraction of sp³-hybridized carbons (Fsp3) is 0.316. The second-order valence-electron chi connectivity index (χ2n) is 6.15. The van der Waals surface area contributed by atoms with E-state index in [-0.39, 0.29) is 18.0 Å². The molecular formula is C19H22Cl2N2O4S. The van der Waals surface area contributed by atoms with Gasteiger partial charge in [0, 0.05) is 11.6 Å². The minimum Gasteiger partial charge on any atom is -0.495 e. The lowest BCUT2D eigenvalue weighted by molar-refractivity contribution is -0.122. The van der Waals surface area contributed by atoms with Crippen LogP contribution >= 0.6 is 23.2 Å². The van der Waals surface area contributed by atoms with Gasteiger partial charge in [-0.25, -0.2) is 8.42 Å². The van der Waals surface area contributed by atoms with Gasteiger partial charge in [-0.15, -0.1) is 0 Å². The number of ether oxygens (including phenoxy) is 1. The van der Waals surface area contributed by atoms with Crippen molar-refractivity contribution in [2.45, 2.75) is 25.9 Å². The van der Waals surface area contributed by atoms with E-state index in [0.29, 0.717) is 16.5 Å². The predicted molar refractivity (Wildman–Crippen MR) is 113 cm³/mol. The first-order valence-electron chi connectivity index (χ1n) is 8.52. The number of amides is 1. The molecule has 0 aliphatic rings. The molecule has 0 unspecified atom stereocenters. The predicted octanol–water partition coefficient (Wildman–Crippen LogP) is 3.86. The lowest BCUT2D eigenvalue weighted by Crippen LogP contribution is -2.49. The normalized spacial score (nSPS) is 12.3. The van der Waals surface area contributed by atoms with Gasteiger partial charge in [0.25, 0.3) is 0 Å². The number of sulfonamides is 1. The van der Waals surface area contributed by atoms with E-state index >= 15 is 0 Å². The van der Waals surface area contributed by atoms with Crippen LogP contribution in [0.5, 0.6) is 5.75 Å². The SMILES string of the molecule is CC[C@@H](C(=O)NCc1ccc(Cl)cc1)N(c1ccc(OC)c(Cl)c1)S(C)(=O)=O. The zero-order chi connectivity index (χ0) is 20.9. The van der Waals surface area contributed by atoms with Crippen molar-refractivity contribution in [2.24, 2.45) is 0 Å². The van der Waals surface area contributed by atoms with Crippen molar-refractivity contribution in [3.05, 3.63) is 58.1 Å². The second kappa shape index (κ2) is 9.49. The molecule has 2 rings (SSSR count). The molecule has 152 valence electrons. The van der Waals surface area contributed by atoms with Crippen LogP contribution < -0.4 is 14.4 Å². The fourth-order valence-electron chi connectivity index (χ4n) is 2.76. The molecule has 0 spiro atoms. The number of nitrogens with zero attached hydrogens (tertiary/aromatic N) is 1. The Morgan fingerprint density at radius 1 is 1.18 bits per heavy atom. The molecule has 0 saturated carbocycles. The molecule has 2 aromatic rings. The first-order valence-corrected chi connectivity index (χ1v) is 11.1. The Morgan fingerprint density at radius 2 is 1.82 bits per heavy atom. The van der Waals surface area contributed by atoms with Crippen molar-refractivity contribution < 1.29 is 17.9 Å². The van der Waals surface area contributed by atoms with Gasteiger partial charge in [-0.1, -0.05) is 42.3 Å². The van der Waals surface area contributed by atoms with Gasteiger partial charge in [0.1, 0.15) is 11.8 Å². The van der Waals surface area contributed by atoms with Crippen LogP contribution in [-0.2, 0) is 21.4 Å². The van der Waals surface area contributed by atoms with E-state index in [0.717, 1.165) is 16.1 Å². The smallest absolute Gasteiger partial charge is 0.244 e. The van der Waals surface area contributed by atoms with E-state index < -0.39 is 22.0 Å². The number of carbonyl (C=O) groups excluding carboxylic acids is 1. The molecule has 0 aliphatic heterocycles. The number of halogens is 2. The highest BCUT2D eigenvalue weighted by Gasteiger charge is 2.31. The van der Waals surface area contributed by atoms with Gasteiger partial charge in [-0.3, -0.25) is 9.10 Å². The number of carbonyl (C=O) groups is 1. The molecule has 2 aromatic carbocycles. The Hall–Kier alpha value is -1.96. The highest BCUT2D eigenvalue weighted by atomic mass is 35.5. The topological polar surface area (TPSA) is 75.7 Å². The molecule has 0 aliphatic carbocycles. The number of hydrogen-bond acceptors (Lipinski definition) is 4. The molecule has 0 saturated heterocycles. The van der Waals surface area contributed by atoms with Gasteiger partial charge in [0.15, 0.2) is 0 Å². The molecule has 0 bridgehead atoms. The van der Waals surface area contributed by atoms with E-state index in [9.17, 15) is 13.2 Å². The van der Waals surface area contributed by atoms with Crippen molar-refractivity contribution in [3.8, 4) is 5.75 Å². The number of benzene rings is 2. The Labute approximate surface area is 175 Å². The number of nitrogens with one attached hydrogen (secondary N) is 1. The maximum absolute atomic E-state index is 12.8. The van der Waals surface area contributed by atoms with Crippen LogP contribution in [-0.4, -0.2) is 33.7 Å². The third-order valence-electron chi connectivity index (χ3n) is 4.10. The first-order chi connectivity index (χ1) is 13.2. The summed E-state index contributed by atoms with van der Waals surface area (Å²) in [7, 11) is -2.28. The zero-order valence-electron chi connectivity index (χ0n) is 15.8. The summed E-state index contributed by atoms with van der Waals surface area (Å²) in [5.41, 5.74) is 1.15. The molecule has 0 radical (unpaired) electrons. The van der Waals surface area contributed by atoms with Crippen molar-refractivity contribution in [2.75, 3.05) is 17.7 Å². The van der Waals surface area contributed by atoms with E-state index in [2.05, 4.69) is 5.32 Å². The standard InChI is InChI=1S/C19H22Cl2N2O4S/c1-4-17(19(24)22-12-13-5-7-14(20)8-6-13)23(28(3,25)26)15-9-10-18(27-2)16(21)11-15/h5-11,17H,4,12H2,1-3H3,(H,22,24)/t17-/m0/s1. The molecule has 6 nitrogen and oxygen atoms in total. The van der Waals surface area contributed by atoms with Gasteiger partial charge in [0.05, 0.1) is 24.1 Å². The summed E-state index contributed by atoms with van der Waals surface area (Å²) >= 11 is 12.0. The van der Waals surface area contributed by atoms with Gasteiger partial charge in [0.2, 0.25) is 15.9 Å². The van der Waals surface area contributed by atoms with E-state index in [1.807, 2.05) is 0 Å². The molecule has 0 heterocycles. The van der Waals surface area contributed by atoms with Crippen LogP contribution in [0.3, 0.4) is 0 Å². The Bertz CT molecular complexity index is 933. The summed E-state index contributed by atoms with van der Waals surface area (Å²) in [5, 5.41) is 3.64. The molecule has 1 atom stereocenters. The molecule has 0 fully saturated rings. The highest BCUT2D eigenvalue weighted by molar-refractivity contribution is 7.92. The van der Waals surface area contributed by atoms with Crippen LogP contribution in [0.1, 0.15) is 18.9 Å². The van der Waals surface area contributed by atoms with Crippen LogP contribution in [0.2, 0.25) is 10.0 Å². The zero-order valence-corrected chi connectivity index (χ0v) is 18.1. The minimum atomic E-state index is -3.74. The van der Waals surface area contributed by atoms with Crippen LogP contribution in [0.25, 0.3) is 0 Å². The second-order valence-corrected chi connectivity index (χ2v) is 8.85.